The van der Waals surface area contributed by atoms with Gasteiger partial charge in [0.15, 0.2) is 0 Å². The first-order valence-electron chi connectivity index (χ1n) is 3.44. The molecule has 0 aromatic heterocycles. The quantitative estimate of drug-likeness (QED) is 0.580. The summed E-state index contributed by atoms with van der Waals surface area (Å²) in [7, 11) is -1.33. The lowest BCUT2D eigenvalue weighted by molar-refractivity contribution is 0.421. The minimum Gasteiger partial charge on any atom is -0.423 e. The van der Waals surface area contributed by atoms with Gasteiger partial charge >= 0.3 is 7.12 Å². The molecule has 1 aliphatic heterocycles. The van der Waals surface area contributed by atoms with Crippen molar-refractivity contribution in [1.82, 2.24) is 0 Å². The van der Waals surface area contributed by atoms with Crippen LogP contribution in [0.2, 0.25) is 0 Å². The summed E-state index contributed by atoms with van der Waals surface area (Å²) < 4.78 is 0. The van der Waals surface area contributed by atoms with Crippen molar-refractivity contribution in [2.24, 2.45) is 5.41 Å². The van der Waals surface area contributed by atoms with E-state index >= 15 is 0 Å². The van der Waals surface area contributed by atoms with Crippen LogP contribution in [-0.4, -0.2) is 17.2 Å². The molecule has 0 aliphatic carbocycles. The van der Waals surface area contributed by atoms with Gasteiger partial charge in [-0.15, -0.1) is 11.8 Å². The van der Waals surface area contributed by atoms with Gasteiger partial charge < -0.3 is 10.0 Å². The van der Waals surface area contributed by atoms with Gasteiger partial charge in [-0.2, -0.15) is 0 Å². The van der Waals surface area contributed by atoms with E-state index in [-0.39, 0.29) is 5.41 Å². The van der Waals surface area contributed by atoms with Gasteiger partial charge in [-0.1, -0.05) is 26.0 Å². The SMILES string of the molecule is CC1(C)C=CSC(B(O)O)=C1. The predicted molar refractivity (Wildman–Crippen MR) is 48.8 cm³/mol. The van der Waals surface area contributed by atoms with Crippen molar-refractivity contribution in [2.45, 2.75) is 13.8 Å². The molecular weight excluding hydrogens is 159 g/mol. The van der Waals surface area contributed by atoms with Crippen LogP contribution in [0.4, 0.5) is 0 Å². The van der Waals surface area contributed by atoms with Gasteiger partial charge in [0, 0.05) is 10.2 Å². The Morgan fingerprint density at radius 3 is 2.45 bits per heavy atom. The van der Waals surface area contributed by atoms with Crippen LogP contribution in [0.25, 0.3) is 0 Å². The van der Waals surface area contributed by atoms with E-state index in [0.29, 0.717) is 4.80 Å². The summed E-state index contributed by atoms with van der Waals surface area (Å²) >= 11 is 1.35. The molecule has 0 saturated heterocycles. The van der Waals surface area contributed by atoms with Crippen LogP contribution in [0.5, 0.6) is 0 Å². The third kappa shape index (κ3) is 2.40. The van der Waals surface area contributed by atoms with Crippen LogP contribution in [0.3, 0.4) is 0 Å². The first-order chi connectivity index (χ1) is 5.01. The highest BCUT2D eigenvalue weighted by Gasteiger charge is 2.22. The maximum absolute atomic E-state index is 8.84. The molecule has 1 rings (SSSR count). The first-order valence-corrected chi connectivity index (χ1v) is 4.32. The maximum Gasteiger partial charge on any atom is 0.495 e. The third-order valence-electron chi connectivity index (χ3n) is 1.47. The zero-order valence-electron chi connectivity index (χ0n) is 6.61. The third-order valence-corrected chi connectivity index (χ3v) is 2.34. The van der Waals surface area contributed by atoms with E-state index in [2.05, 4.69) is 0 Å². The fourth-order valence-electron chi connectivity index (χ4n) is 0.872. The zero-order valence-corrected chi connectivity index (χ0v) is 7.43. The number of thioether (sulfide) groups is 1. The molecule has 11 heavy (non-hydrogen) atoms. The van der Waals surface area contributed by atoms with E-state index in [1.165, 1.54) is 11.8 Å². The summed E-state index contributed by atoms with van der Waals surface area (Å²) in [6, 6.07) is 0. The molecule has 0 fully saturated rings. The summed E-state index contributed by atoms with van der Waals surface area (Å²) in [5.41, 5.74) is -0.0513. The minimum atomic E-state index is -1.33. The Balaban J connectivity index is 2.78. The van der Waals surface area contributed by atoms with Gasteiger partial charge in [0.1, 0.15) is 0 Å². The molecule has 4 heteroatoms. The van der Waals surface area contributed by atoms with Crippen molar-refractivity contribution >= 4 is 18.9 Å². The second-order valence-electron chi connectivity index (χ2n) is 3.16. The smallest absolute Gasteiger partial charge is 0.423 e. The first kappa shape index (κ1) is 8.91. The Bertz CT molecular complexity index is 208. The van der Waals surface area contributed by atoms with Gasteiger partial charge in [-0.3, -0.25) is 0 Å². The maximum atomic E-state index is 8.84. The molecule has 0 aromatic carbocycles. The van der Waals surface area contributed by atoms with E-state index < -0.39 is 7.12 Å². The molecule has 1 heterocycles. The van der Waals surface area contributed by atoms with Crippen LogP contribution in [0.15, 0.2) is 22.4 Å². The minimum absolute atomic E-state index is 0.0513. The zero-order chi connectivity index (χ0) is 8.48. The molecule has 0 spiro atoms. The van der Waals surface area contributed by atoms with E-state index in [1.54, 1.807) is 0 Å². The number of allylic oxidation sites excluding steroid dienone is 2. The second-order valence-corrected chi connectivity index (χ2v) is 4.14. The highest BCUT2D eigenvalue weighted by Crippen LogP contribution is 2.33. The largest absolute Gasteiger partial charge is 0.495 e. The monoisotopic (exact) mass is 170 g/mol. The van der Waals surface area contributed by atoms with Crippen molar-refractivity contribution in [3.63, 3.8) is 0 Å². The molecule has 0 radical (unpaired) electrons. The Morgan fingerprint density at radius 1 is 1.45 bits per heavy atom. The standard InChI is InChI=1S/C7H11BO2S/c1-7(2)3-4-11-6(5-7)8(9)10/h3-5,9-10H,1-2H3. The molecule has 0 aromatic rings. The summed E-state index contributed by atoms with van der Waals surface area (Å²) in [6.07, 6.45) is 3.89. The Kier molecular flexibility index (Phi) is 2.47. The molecule has 0 unspecified atom stereocenters. The molecule has 0 atom stereocenters. The summed E-state index contributed by atoms with van der Waals surface area (Å²) in [6.45, 7) is 4.04. The molecular formula is C7H11BO2S. The van der Waals surface area contributed by atoms with Crippen molar-refractivity contribution < 1.29 is 10.0 Å². The van der Waals surface area contributed by atoms with Crippen LogP contribution in [-0.2, 0) is 0 Å². The molecule has 0 bridgehead atoms. The number of hydrogen-bond donors (Lipinski definition) is 2. The van der Waals surface area contributed by atoms with Gasteiger partial charge in [0.2, 0.25) is 0 Å². The topological polar surface area (TPSA) is 40.5 Å². The Hall–Kier alpha value is -0.185. The highest BCUT2D eigenvalue weighted by molar-refractivity contribution is 8.07. The molecule has 1 aliphatic rings. The lowest BCUT2D eigenvalue weighted by Crippen LogP contribution is -2.17. The molecule has 60 valence electrons. The van der Waals surface area contributed by atoms with Gasteiger partial charge in [0.25, 0.3) is 0 Å². The molecule has 0 saturated carbocycles. The van der Waals surface area contributed by atoms with Crippen LogP contribution in [0, 0.1) is 5.41 Å². The Morgan fingerprint density at radius 2 is 2.09 bits per heavy atom. The normalized spacial score (nSPS) is 21.3. The summed E-state index contributed by atoms with van der Waals surface area (Å²) in [5.74, 6) is 0. The van der Waals surface area contributed by atoms with E-state index in [9.17, 15) is 0 Å². The molecule has 0 amide bonds. The lowest BCUT2D eigenvalue weighted by atomic mass is 9.83. The van der Waals surface area contributed by atoms with Crippen LogP contribution >= 0.6 is 11.8 Å². The molecule has 2 N–H and O–H groups in total. The fraction of sp³-hybridized carbons (Fsp3) is 0.429. The highest BCUT2D eigenvalue weighted by atomic mass is 32.2. The summed E-state index contributed by atoms with van der Waals surface area (Å²) in [4.78, 5) is 0.609. The van der Waals surface area contributed by atoms with Crippen molar-refractivity contribution in [2.75, 3.05) is 0 Å². The summed E-state index contributed by atoms with van der Waals surface area (Å²) in [5, 5.41) is 19.6. The second kappa shape index (κ2) is 3.05. The number of hydrogen-bond acceptors (Lipinski definition) is 3. The van der Waals surface area contributed by atoms with Crippen molar-refractivity contribution in [3.8, 4) is 0 Å². The van der Waals surface area contributed by atoms with Gasteiger partial charge in [-0.05, 0) is 5.41 Å². The average Bonchev–Trinajstić information content (AvgIpc) is 1.85. The fourth-order valence-corrected chi connectivity index (χ4v) is 1.94. The van der Waals surface area contributed by atoms with E-state index in [0.717, 1.165) is 0 Å². The van der Waals surface area contributed by atoms with Crippen molar-refractivity contribution in [1.29, 1.82) is 0 Å². The predicted octanol–water partition coefficient (Wildman–Crippen LogP) is 1.17. The van der Waals surface area contributed by atoms with Crippen LogP contribution < -0.4 is 0 Å². The molecule has 2 nitrogen and oxygen atoms in total. The average molecular weight is 170 g/mol. The lowest BCUT2D eigenvalue weighted by Gasteiger charge is -2.20. The van der Waals surface area contributed by atoms with Gasteiger partial charge in [0.05, 0.1) is 0 Å². The Labute approximate surface area is 71.1 Å². The van der Waals surface area contributed by atoms with Gasteiger partial charge in [-0.25, -0.2) is 0 Å². The van der Waals surface area contributed by atoms with E-state index in [1.807, 2.05) is 31.4 Å². The van der Waals surface area contributed by atoms with Crippen LogP contribution in [0.1, 0.15) is 13.8 Å². The number of rotatable bonds is 1. The van der Waals surface area contributed by atoms with Crippen molar-refractivity contribution in [3.05, 3.63) is 22.4 Å². The van der Waals surface area contributed by atoms with E-state index in [4.69, 9.17) is 10.0 Å².